The Bertz CT molecular complexity index is 850. The van der Waals surface area contributed by atoms with Crippen molar-refractivity contribution in [1.82, 2.24) is 10.4 Å². The molecule has 0 spiro atoms. The van der Waals surface area contributed by atoms with E-state index in [-0.39, 0.29) is 24.4 Å². The second-order valence-corrected chi connectivity index (χ2v) is 8.23. The second kappa shape index (κ2) is 10.3. The van der Waals surface area contributed by atoms with E-state index < -0.39 is 12.2 Å². The number of carbonyl (C=O) groups excluding carboxylic acids is 1. The van der Waals surface area contributed by atoms with Crippen molar-refractivity contribution in [3.8, 4) is 0 Å². The van der Waals surface area contributed by atoms with E-state index in [0.29, 0.717) is 0 Å². The number of amides is 1. The first kappa shape index (κ1) is 22.6. The third-order valence-electron chi connectivity index (χ3n) is 5.78. The SMILES string of the molecule is CCCCCCCCCc1ccc2cc([C@H](N3CCC(=O)N3)C(F)(F)F)ccc2c1. The molecule has 3 rings (SSSR count). The summed E-state index contributed by atoms with van der Waals surface area (Å²) >= 11 is 0. The lowest BCUT2D eigenvalue weighted by Crippen LogP contribution is -2.43. The fraction of sp³-hybridized carbons (Fsp3) is 0.542. The van der Waals surface area contributed by atoms with Crippen LogP contribution in [0.15, 0.2) is 36.4 Å². The van der Waals surface area contributed by atoms with Gasteiger partial charge >= 0.3 is 6.18 Å². The number of aryl methyl sites for hydroxylation is 1. The number of alkyl halides is 3. The Kier molecular flexibility index (Phi) is 7.75. The number of nitrogens with one attached hydrogen (secondary N) is 1. The number of nitrogens with zero attached hydrogens (tertiary/aromatic N) is 1. The molecule has 0 aromatic heterocycles. The largest absolute Gasteiger partial charge is 0.409 e. The molecule has 1 heterocycles. The summed E-state index contributed by atoms with van der Waals surface area (Å²) in [4.78, 5) is 11.4. The highest BCUT2D eigenvalue weighted by atomic mass is 19.4. The topological polar surface area (TPSA) is 32.3 Å². The van der Waals surface area contributed by atoms with Crippen molar-refractivity contribution >= 4 is 16.7 Å². The molecule has 0 radical (unpaired) electrons. The summed E-state index contributed by atoms with van der Waals surface area (Å²) in [6, 6.07) is 9.06. The van der Waals surface area contributed by atoms with Crippen LogP contribution in [0, 0.1) is 0 Å². The Balaban J connectivity index is 1.66. The van der Waals surface area contributed by atoms with E-state index in [1.807, 2.05) is 12.1 Å². The molecule has 2 aromatic rings. The van der Waals surface area contributed by atoms with Crippen LogP contribution in [0.1, 0.15) is 75.5 Å². The number of unbranched alkanes of at least 4 members (excludes halogenated alkanes) is 6. The Labute approximate surface area is 176 Å². The molecular weight excluding hydrogens is 389 g/mol. The summed E-state index contributed by atoms with van der Waals surface area (Å²) in [5.41, 5.74) is 3.71. The zero-order valence-electron chi connectivity index (χ0n) is 17.6. The predicted octanol–water partition coefficient (Wildman–Crippen LogP) is 6.47. The number of halogens is 3. The van der Waals surface area contributed by atoms with Crippen LogP contribution in [0.4, 0.5) is 13.2 Å². The van der Waals surface area contributed by atoms with Gasteiger partial charge in [-0.05, 0) is 40.8 Å². The molecule has 2 aromatic carbocycles. The predicted molar refractivity (Wildman–Crippen MR) is 114 cm³/mol. The first-order valence-corrected chi connectivity index (χ1v) is 11.0. The van der Waals surface area contributed by atoms with E-state index in [1.54, 1.807) is 12.1 Å². The molecule has 1 atom stereocenters. The summed E-state index contributed by atoms with van der Waals surface area (Å²) in [5.74, 6) is -0.375. The number of rotatable bonds is 10. The lowest BCUT2D eigenvalue weighted by atomic mass is 9.98. The molecule has 30 heavy (non-hydrogen) atoms. The summed E-state index contributed by atoms with van der Waals surface area (Å²) in [5, 5.41) is 2.74. The van der Waals surface area contributed by atoms with E-state index in [2.05, 4.69) is 18.4 Å². The molecule has 0 unspecified atom stereocenters. The smallest absolute Gasteiger partial charge is 0.288 e. The minimum absolute atomic E-state index is 0.0540. The van der Waals surface area contributed by atoms with Crippen LogP contribution in [-0.2, 0) is 11.2 Å². The monoisotopic (exact) mass is 420 g/mol. The van der Waals surface area contributed by atoms with Crippen molar-refractivity contribution in [3.63, 3.8) is 0 Å². The molecule has 0 aliphatic carbocycles. The van der Waals surface area contributed by atoms with Crippen LogP contribution < -0.4 is 5.43 Å². The highest BCUT2D eigenvalue weighted by Gasteiger charge is 2.46. The molecule has 1 N–H and O–H groups in total. The van der Waals surface area contributed by atoms with Crippen molar-refractivity contribution in [3.05, 3.63) is 47.5 Å². The maximum atomic E-state index is 13.7. The standard InChI is InChI=1S/C24H31F3N2O/c1-2-3-4-5-6-7-8-9-18-10-11-20-17-21(13-12-19(20)16-18)23(24(25,26)27)29-15-14-22(30)28-29/h10-13,16-17,23H,2-9,14-15H2,1H3,(H,28,30)/t23-/m0/s1. The first-order chi connectivity index (χ1) is 14.4. The minimum Gasteiger partial charge on any atom is -0.288 e. The van der Waals surface area contributed by atoms with Gasteiger partial charge in [-0.2, -0.15) is 13.2 Å². The molecule has 0 saturated carbocycles. The fourth-order valence-electron chi connectivity index (χ4n) is 4.16. The van der Waals surface area contributed by atoms with Crippen molar-refractivity contribution in [2.75, 3.05) is 6.54 Å². The van der Waals surface area contributed by atoms with Crippen molar-refractivity contribution < 1.29 is 18.0 Å². The lowest BCUT2D eigenvalue weighted by molar-refractivity contribution is -0.191. The van der Waals surface area contributed by atoms with Crippen molar-refractivity contribution in [2.45, 2.75) is 76.9 Å². The van der Waals surface area contributed by atoms with E-state index in [0.717, 1.165) is 28.6 Å². The Morgan fingerprint density at radius 3 is 2.30 bits per heavy atom. The molecule has 6 heteroatoms. The van der Waals surface area contributed by atoms with E-state index in [1.165, 1.54) is 50.2 Å². The number of fused-ring (bicyclic) bond motifs is 1. The van der Waals surface area contributed by atoms with Crippen LogP contribution in [0.5, 0.6) is 0 Å². The highest BCUT2D eigenvalue weighted by molar-refractivity contribution is 5.84. The van der Waals surface area contributed by atoms with Crippen molar-refractivity contribution in [2.24, 2.45) is 0 Å². The zero-order valence-corrected chi connectivity index (χ0v) is 17.6. The van der Waals surface area contributed by atoms with Crippen LogP contribution in [-0.4, -0.2) is 23.6 Å². The number of hydrazine groups is 1. The van der Waals surface area contributed by atoms with Gasteiger partial charge < -0.3 is 0 Å². The van der Waals surface area contributed by atoms with Gasteiger partial charge in [0.2, 0.25) is 5.91 Å². The quantitative estimate of drug-likeness (QED) is 0.447. The van der Waals surface area contributed by atoms with Gasteiger partial charge in [-0.25, -0.2) is 5.01 Å². The maximum Gasteiger partial charge on any atom is 0.409 e. The van der Waals surface area contributed by atoms with Gasteiger partial charge in [-0.1, -0.05) is 75.8 Å². The average Bonchev–Trinajstić information content (AvgIpc) is 3.11. The van der Waals surface area contributed by atoms with E-state index >= 15 is 0 Å². The van der Waals surface area contributed by atoms with Gasteiger partial charge in [0.1, 0.15) is 6.04 Å². The van der Waals surface area contributed by atoms with Crippen LogP contribution in [0.25, 0.3) is 10.8 Å². The molecule has 1 amide bonds. The van der Waals surface area contributed by atoms with Crippen LogP contribution in [0.2, 0.25) is 0 Å². The molecule has 1 saturated heterocycles. The molecule has 1 aliphatic rings. The molecular formula is C24H31F3N2O. The maximum absolute atomic E-state index is 13.7. The van der Waals surface area contributed by atoms with E-state index in [4.69, 9.17) is 0 Å². The third kappa shape index (κ3) is 5.97. The second-order valence-electron chi connectivity index (χ2n) is 8.23. The molecule has 0 bridgehead atoms. The summed E-state index contributed by atoms with van der Waals surface area (Å²) < 4.78 is 41.2. The first-order valence-electron chi connectivity index (χ1n) is 11.0. The van der Waals surface area contributed by atoms with E-state index in [9.17, 15) is 18.0 Å². The molecule has 1 fully saturated rings. The highest BCUT2D eigenvalue weighted by Crippen LogP contribution is 2.38. The summed E-state index contributed by atoms with van der Waals surface area (Å²) in [7, 11) is 0. The molecule has 3 nitrogen and oxygen atoms in total. The summed E-state index contributed by atoms with van der Waals surface area (Å²) in [6.07, 6.45) is 5.42. The van der Waals surface area contributed by atoms with Gasteiger partial charge in [0.15, 0.2) is 0 Å². The fourth-order valence-corrected chi connectivity index (χ4v) is 4.16. The Hall–Kier alpha value is -2.08. The van der Waals surface area contributed by atoms with Gasteiger partial charge in [0, 0.05) is 13.0 Å². The van der Waals surface area contributed by atoms with Crippen LogP contribution in [0.3, 0.4) is 0 Å². The number of benzene rings is 2. The lowest BCUT2D eigenvalue weighted by Gasteiger charge is -2.29. The normalized spacial score (nSPS) is 16.2. The molecule has 164 valence electrons. The Morgan fingerprint density at radius 2 is 1.63 bits per heavy atom. The zero-order chi connectivity index (χ0) is 21.6. The van der Waals surface area contributed by atoms with Crippen LogP contribution >= 0.6 is 0 Å². The number of carbonyl (C=O) groups is 1. The minimum atomic E-state index is -4.47. The Morgan fingerprint density at radius 1 is 0.967 bits per heavy atom. The van der Waals surface area contributed by atoms with Crippen molar-refractivity contribution in [1.29, 1.82) is 0 Å². The number of hydrogen-bond donors (Lipinski definition) is 1. The number of hydrogen-bond acceptors (Lipinski definition) is 2. The summed E-state index contributed by atoms with van der Waals surface area (Å²) in [6.45, 7) is 2.27. The van der Waals surface area contributed by atoms with Gasteiger partial charge in [-0.15, -0.1) is 0 Å². The van der Waals surface area contributed by atoms with Gasteiger partial charge in [0.05, 0.1) is 0 Å². The van der Waals surface area contributed by atoms with Gasteiger partial charge in [-0.3, -0.25) is 10.2 Å². The third-order valence-corrected chi connectivity index (χ3v) is 5.78. The average molecular weight is 421 g/mol. The van der Waals surface area contributed by atoms with Gasteiger partial charge in [0.25, 0.3) is 0 Å². The molecule has 1 aliphatic heterocycles.